The van der Waals surface area contributed by atoms with Gasteiger partial charge in [-0.1, -0.05) is 13.8 Å². The molecule has 88 valence electrons. The average molecular weight is 215 g/mol. The Hall–Kier alpha value is -0.610. The molecule has 2 atom stereocenters. The molecule has 0 spiro atoms. The molecule has 1 N–H and O–H groups in total. The molecule has 0 aromatic heterocycles. The van der Waals surface area contributed by atoms with Gasteiger partial charge in [0, 0.05) is 12.6 Å². The Morgan fingerprint density at radius 2 is 2.27 bits per heavy atom. The summed E-state index contributed by atoms with van der Waals surface area (Å²) in [6.07, 6.45) is 1.56. The zero-order valence-electron chi connectivity index (χ0n) is 9.82. The van der Waals surface area contributed by atoms with Gasteiger partial charge in [0.05, 0.1) is 13.2 Å². The van der Waals surface area contributed by atoms with Crippen LogP contribution in [0.5, 0.6) is 0 Å². The third-order valence-corrected chi connectivity index (χ3v) is 3.48. The Morgan fingerprint density at radius 1 is 1.60 bits per heavy atom. The summed E-state index contributed by atoms with van der Waals surface area (Å²) in [5.74, 6) is -0.731. The fraction of sp³-hybridized carbons (Fsp3) is 0.909. The van der Waals surface area contributed by atoms with Crippen molar-refractivity contribution in [3.05, 3.63) is 0 Å². The van der Waals surface area contributed by atoms with Crippen LogP contribution in [0.2, 0.25) is 0 Å². The van der Waals surface area contributed by atoms with Gasteiger partial charge in [-0.15, -0.1) is 0 Å². The first-order chi connectivity index (χ1) is 7.06. The molecular weight excluding hydrogens is 194 g/mol. The van der Waals surface area contributed by atoms with E-state index >= 15 is 0 Å². The lowest BCUT2D eigenvalue weighted by Gasteiger charge is -2.44. The Kier molecular flexibility index (Phi) is 4.11. The number of carboxylic acid groups (broad SMARTS) is 1. The molecule has 4 nitrogen and oxygen atoms in total. The van der Waals surface area contributed by atoms with E-state index in [1.165, 1.54) is 0 Å². The van der Waals surface area contributed by atoms with Crippen LogP contribution in [0.25, 0.3) is 0 Å². The van der Waals surface area contributed by atoms with Gasteiger partial charge < -0.3 is 9.84 Å². The van der Waals surface area contributed by atoms with E-state index < -0.39 is 11.5 Å². The van der Waals surface area contributed by atoms with Crippen molar-refractivity contribution in [1.29, 1.82) is 0 Å². The molecule has 2 unspecified atom stereocenters. The maximum atomic E-state index is 11.3. The fourth-order valence-corrected chi connectivity index (χ4v) is 2.12. The highest BCUT2D eigenvalue weighted by molar-refractivity contribution is 5.78. The second-order valence-corrected chi connectivity index (χ2v) is 4.26. The van der Waals surface area contributed by atoms with Gasteiger partial charge in [0.2, 0.25) is 0 Å². The number of hydrogen-bond donors (Lipinski definition) is 1. The summed E-state index contributed by atoms with van der Waals surface area (Å²) in [4.78, 5) is 13.4. The predicted octanol–water partition coefficient (Wildman–Crippen LogP) is 1.35. The molecule has 0 saturated carbocycles. The monoisotopic (exact) mass is 215 g/mol. The molecular formula is C11H21NO3. The van der Waals surface area contributed by atoms with E-state index in [-0.39, 0.29) is 6.04 Å². The molecule has 1 heterocycles. The minimum atomic E-state index is -0.746. The molecule has 0 aliphatic carbocycles. The van der Waals surface area contributed by atoms with E-state index in [0.717, 1.165) is 13.0 Å². The molecule has 15 heavy (non-hydrogen) atoms. The van der Waals surface area contributed by atoms with Crippen LogP contribution in [-0.2, 0) is 9.53 Å². The molecule has 0 aromatic carbocycles. The van der Waals surface area contributed by atoms with Crippen molar-refractivity contribution in [3.63, 3.8) is 0 Å². The maximum Gasteiger partial charge on any atom is 0.323 e. The van der Waals surface area contributed by atoms with Gasteiger partial charge in [-0.25, -0.2) is 0 Å². The molecule has 0 radical (unpaired) electrons. The number of ether oxygens (including phenoxy) is 1. The first-order valence-corrected chi connectivity index (χ1v) is 5.64. The summed E-state index contributed by atoms with van der Waals surface area (Å²) >= 11 is 0. The average Bonchev–Trinajstić information content (AvgIpc) is 2.27. The highest BCUT2D eigenvalue weighted by Crippen LogP contribution is 2.25. The highest BCUT2D eigenvalue weighted by Gasteiger charge is 2.42. The summed E-state index contributed by atoms with van der Waals surface area (Å²) in [5, 5.41) is 9.32. The number of carboxylic acids is 1. The van der Waals surface area contributed by atoms with Gasteiger partial charge in [-0.2, -0.15) is 0 Å². The number of aliphatic carboxylic acids is 1. The van der Waals surface area contributed by atoms with E-state index in [2.05, 4.69) is 11.8 Å². The molecule has 4 heteroatoms. The molecule has 1 rings (SSSR count). The smallest absolute Gasteiger partial charge is 0.323 e. The Balaban J connectivity index is 2.85. The summed E-state index contributed by atoms with van der Waals surface area (Å²) in [6, 6.07) is 0.236. The van der Waals surface area contributed by atoms with Crippen molar-refractivity contribution < 1.29 is 14.6 Å². The van der Waals surface area contributed by atoms with E-state index in [1.54, 1.807) is 0 Å². The number of rotatable bonds is 4. The molecule has 1 aliphatic rings. The molecule has 1 aliphatic heterocycles. The van der Waals surface area contributed by atoms with Crippen LogP contribution < -0.4 is 0 Å². The van der Waals surface area contributed by atoms with Gasteiger partial charge >= 0.3 is 5.97 Å². The normalized spacial score (nSPS) is 27.3. The SMILES string of the molecule is CCC1COCCN1C(C)(CC)C(=O)O. The number of morpholine rings is 1. The van der Waals surface area contributed by atoms with E-state index in [1.807, 2.05) is 13.8 Å². The summed E-state index contributed by atoms with van der Waals surface area (Å²) < 4.78 is 5.39. The number of nitrogens with zero attached hydrogens (tertiary/aromatic N) is 1. The molecule has 0 amide bonds. The van der Waals surface area contributed by atoms with Crippen LogP contribution in [0.15, 0.2) is 0 Å². The van der Waals surface area contributed by atoms with Gasteiger partial charge in [-0.3, -0.25) is 9.69 Å². The van der Waals surface area contributed by atoms with Gasteiger partial charge in [0.15, 0.2) is 0 Å². The molecule has 0 aromatic rings. The largest absolute Gasteiger partial charge is 0.480 e. The Bertz CT molecular complexity index is 232. The standard InChI is InChI=1S/C11H21NO3/c1-4-9-8-15-7-6-12(9)11(3,5-2)10(13)14/h9H,4-8H2,1-3H3,(H,13,14). The zero-order chi connectivity index (χ0) is 11.5. The van der Waals surface area contributed by atoms with Gasteiger partial charge in [0.25, 0.3) is 0 Å². The fourth-order valence-electron chi connectivity index (χ4n) is 2.12. The second-order valence-electron chi connectivity index (χ2n) is 4.26. The van der Waals surface area contributed by atoms with Crippen LogP contribution in [0.4, 0.5) is 0 Å². The lowest BCUT2D eigenvalue weighted by atomic mass is 9.93. The van der Waals surface area contributed by atoms with E-state index in [0.29, 0.717) is 19.6 Å². The minimum absolute atomic E-state index is 0.236. The lowest BCUT2D eigenvalue weighted by molar-refractivity contribution is -0.158. The van der Waals surface area contributed by atoms with Gasteiger partial charge in [0.1, 0.15) is 5.54 Å². The van der Waals surface area contributed by atoms with Crippen molar-refractivity contribution in [2.45, 2.75) is 45.2 Å². The molecule has 0 bridgehead atoms. The van der Waals surface area contributed by atoms with Crippen molar-refractivity contribution in [2.24, 2.45) is 0 Å². The summed E-state index contributed by atoms with van der Waals surface area (Å²) in [7, 11) is 0. The van der Waals surface area contributed by atoms with Crippen LogP contribution in [0.3, 0.4) is 0 Å². The van der Waals surface area contributed by atoms with Crippen LogP contribution in [0.1, 0.15) is 33.6 Å². The Labute approximate surface area is 91.2 Å². The third-order valence-electron chi connectivity index (χ3n) is 3.48. The quantitative estimate of drug-likeness (QED) is 0.769. The van der Waals surface area contributed by atoms with Crippen LogP contribution >= 0.6 is 0 Å². The van der Waals surface area contributed by atoms with E-state index in [4.69, 9.17) is 4.74 Å². The predicted molar refractivity (Wildman–Crippen MR) is 57.9 cm³/mol. The van der Waals surface area contributed by atoms with E-state index in [9.17, 15) is 9.90 Å². The molecule has 1 fully saturated rings. The van der Waals surface area contributed by atoms with Crippen LogP contribution in [0, 0.1) is 0 Å². The van der Waals surface area contributed by atoms with Crippen molar-refractivity contribution in [2.75, 3.05) is 19.8 Å². The van der Waals surface area contributed by atoms with Gasteiger partial charge in [-0.05, 0) is 19.8 Å². The topological polar surface area (TPSA) is 49.8 Å². The number of hydrogen-bond acceptors (Lipinski definition) is 3. The number of carbonyl (C=O) groups is 1. The first kappa shape index (κ1) is 12.5. The third kappa shape index (κ3) is 2.32. The minimum Gasteiger partial charge on any atom is -0.480 e. The maximum absolute atomic E-state index is 11.3. The highest BCUT2D eigenvalue weighted by atomic mass is 16.5. The molecule has 1 saturated heterocycles. The summed E-state index contributed by atoms with van der Waals surface area (Å²) in [5.41, 5.74) is -0.746. The first-order valence-electron chi connectivity index (χ1n) is 5.64. The second kappa shape index (κ2) is 4.94. The lowest BCUT2D eigenvalue weighted by Crippen LogP contribution is -2.60. The van der Waals surface area contributed by atoms with Crippen molar-refractivity contribution in [3.8, 4) is 0 Å². The summed E-state index contributed by atoms with van der Waals surface area (Å²) in [6.45, 7) is 7.82. The van der Waals surface area contributed by atoms with Crippen molar-refractivity contribution in [1.82, 2.24) is 4.90 Å². The van der Waals surface area contributed by atoms with Crippen molar-refractivity contribution >= 4 is 5.97 Å². The Morgan fingerprint density at radius 3 is 2.73 bits per heavy atom. The zero-order valence-corrected chi connectivity index (χ0v) is 9.82. The van der Waals surface area contributed by atoms with Crippen LogP contribution in [-0.4, -0.2) is 47.3 Å².